The summed E-state index contributed by atoms with van der Waals surface area (Å²) < 4.78 is 0. The van der Waals surface area contributed by atoms with Crippen LogP contribution in [-0.2, 0) is 6.42 Å². The van der Waals surface area contributed by atoms with E-state index < -0.39 is 0 Å². The van der Waals surface area contributed by atoms with Crippen molar-refractivity contribution in [3.05, 3.63) is 78.0 Å². The van der Waals surface area contributed by atoms with Crippen LogP contribution in [-0.4, -0.2) is 16.5 Å². The smallest absolute Gasteiger partial charge is 0.229 e. The van der Waals surface area contributed by atoms with Crippen molar-refractivity contribution in [1.82, 2.24) is 9.97 Å². The number of nitrogens with one attached hydrogen (secondary N) is 2. The van der Waals surface area contributed by atoms with E-state index in [0.29, 0.717) is 5.95 Å². The Morgan fingerprint density at radius 2 is 1.70 bits per heavy atom. The molecular formula is C19H20N4. The van der Waals surface area contributed by atoms with Crippen LogP contribution in [0.1, 0.15) is 11.1 Å². The molecule has 1 aromatic heterocycles. The topological polar surface area (TPSA) is 49.8 Å². The second-order valence-corrected chi connectivity index (χ2v) is 5.42. The summed E-state index contributed by atoms with van der Waals surface area (Å²) in [6.07, 6.45) is 2.72. The summed E-state index contributed by atoms with van der Waals surface area (Å²) in [4.78, 5) is 8.75. The van der Waals surface area contributed by atoms with Crippen molar-refractivity contribution >= 4 is 17.5 Å². The predicted molar refractivity (Wildman–Crippen MR) is 95.1 cm³/mol. The molecule has 0 fully saturated rings. The van der Waals surface area contributed by atoms with Gasteiger partial charge >= 0.3 is 0 Å². The molecule has 0 bridgehead atoms. The van der Waals surface area contributed by atoms with Crippen LogP contribution in [0.5, 0.6) is 0 Å². The normalized spacial score (nSPS) is 10.3. The Bertz CT molecular complexity index is 739. The highest BCUT2D eigenvalue weighted by Crippen LogP contribution is 2.14. The third kappa shape index (κ3) is 4.54. The molecule has 4 nitrogen and oxygen atoms in total. The van der Waals surface area contributed by atoms with Crippen molar-refractivity contribution < 1.29 is 0 Å². The van der Waals surface area contributed by atoms with E-state index in [0.717, 1.165) is 24.5 Å². The van der Waals surface area contributed by atoms with Crippen molar-refractivity contribution in [3.63, 3.8) is 0 Å². The zero-order valence-electron chi connectivity index (χ0n) is 13.2. The summed E-state index contributed by atoms with van der Waals surface area (Å²) in [6, 6.07) is 20.5. The van der Waals surface area contributed by atoms with Crippen LogP contribution >= 0.6 is 0 Å². The van der Waals surface area contributed by atoms with Crippen molar-refractivity contribution in [2.75, 3.05) is 17.2 Å². The number of hydrogen-bond donors (Lipinski definition) is 2. The van der Waals surface area contributed by atoms with E-state index in [1.807, 2.05) is 24.3 Å². The van der Waals surface area contributed by atoms with Gasteiger partial charge in [0.05, 0.1) is 0 Å². The molecule has 0 atom stereocenters. The van der Waals surface area contributed by atoms with E-state index in [4.69, 9.17) is 0 Å². The van der Waals surface area contributed by atoms with Gasteiger partial charge in [-0.2, -0.15) is 4.98 Å². The van der Waals surface area contributed by atoms with Crippen LogP contribution in [0.15, 0.2) is 66.9 Å². The Labute approximate surface area is 136 Å². The summed E-state index contributed by atoms with van der Waals surface area (Å²) in [5.74, 6) is 1.42. The molecular weight excluding hydrogens is 284 g/mol. The first kappa shape index (κ1) is 15.0. The molecule has 0 saturated heterocycles. The summed E-state index contributed by atoms with van der Waals surface area (Å²) >= 11 is 0. The number of aryl methyl sites for hydroxylation is 1. The maximum Gasteiger partial charge on any atom is 0.229 e. The molecule has 116 valence electrons. The molecule has 23 heavy (non-hydrogen) atoms. The number of anilines is 3. The largest absolute Gasteiger partial charge is 0.370 e. The van der Waals surface area contributed by atoms with Gasteiger partial charge in [0.1, 0.15) is 5.82 Å². The number of aromatic nitrogens is 2. The van der Waals surface area contributed by atoms with Crippen LogP contribution in [0, 0.1) is 6.92 Å². The average molecular weight is 304 g/mol. The molecule has 3 rings (SSSR count). The third-order valence-electron chi connectivity index (χ3n) is 3.53. The molecule has 0 aliphatic heterocycles. The van der Waals surface area contributed by atoms with Crippen molar-refractivity contribution in [2.24, 2.45) is 0 Å². The highest BCUT2D eigenvalue weighted by atomic mass is 15.1. The molecule has 0 saturated carbocycles. The number of hydrogen-bond acceptors (Lipinski definition) is 4. The number of nitrogens with zero attached hydrogens (tertiary/aromatic N) is 2. The fraction of sp³-hybridized carbons (Fsp3) is 0.158. The lowest BCUT2D eigenvalue weighted by atomic mass is 10.1. The fourth-order valence-corrected chi connectivity index (χ4v) is 2.26. The summed E-state index contributed by atoms with van der Waals surface area (Å²) in [7, 11) is 0. The lowest BCUT2D eigenvalue weighted by Crippen LogP contribution is -2.07. The summed E-state index contributed by atoms with van der Waals surface area (Å²) in [5, 5.41) is 6.55. The van der Waals surface area contributed by atoms with Gasteiger partial charge in [0.25, 0.3) is 0 Å². The Morgan fingerprint density at radius 3 is 2.48 bits per heavy atom. The van der Waals surface area contributed by atoms with Crippen LogP contribution in [0.4, 0.5) is 17.5 Å². The van der Waals surface area contributed by atoms with Gasteiger partial charge in [-0.25, -0.2) is 4.98 Å². The van der Waals surface area contributed by atoms with Gasteiger partial charge in [0.15, 0.2) is 0 Å². The Balaban J connectivity index is 1.57. The van der Waals surface area contributed by atoms with Crippen LogP contribution in [0.2, 0.25) is 0 Å². The molecule has 0 spiro atoms. The molecule has 2 aromatic carbocycles. The van der Waals surface area contributed by atoms with E-state index in [1.54, 1.807) is 6.20 Å². The quantitative estimate of drug-likeness (QED) is 0.717. The zero-order valence-corrected chi connectivity index (χ0v) is 13.2. The van der Waals surface area contributed by atoms with Gasteiger partial charge in [-0.15, -0.1) is 0 Å². The van der Waals surface area contributed by atoms with Gasteiger partial charge < -0.3 is 10.6 Å². The maximum absolute atomic E-state index is 4.49. The number of rotatable bonds is 6. The van der Waals surface area contributed by atoms with E-state index in [-0.39, 0.29) is 0 Å². The maximum atomic E-state index is 4.49. The van der Waals surface area contributed by atoms with E-state index in [1.165, 1.54) is 11.1 Å². The zero-order chi connectivity index (χ0) is 15.9. The number of benzene rings is 2. The molecule has 2 N–H and O–H groups in total. The van der Waals surface area contributed by atoms with Crippen molar-refractivity contribution in [1.29, 1.82) is 0 Å². The van der Waals surface area contributed by atoms with Gasteiger partial charge in [0.2, 0.25) is 5.95 Å². The molecule has 0 unspecified atom stereocenters. The predicted octanol–water partition coefficient (Wildman–Crippen LogP) is 4.18. The third-order valence-corrected chi connectivity index (χ3v) is 3.53. The van der Waals surface area contributed by atoms with Crippen LogP contribution < -0.4 is 10.6 Å². The lowest BCUT2D eigenvalue weighted by Gasteiger charge is -2.08. The second-order valence-electron chi connectivity index (χ2n) is 5.42. The molecule has 4 heteroatoms. The molecule has 0 amide bonds. The Kier molecular flexibility index (Phi) is 4.84. The lowest BCUT2D eigenvalue weighted by molar-refractivity contribution is 1.00. The SMILES string of the molecule is Cc1ccc(Nc2nccc(NCCc3ccccc3)n2)cc1. The monoisotopic (exact) mass is 304 g/mol. The first-order valence-electron chi connectivity index (χ1n) is 7.74. The molecule has 1 heterocycles. The Hall–Kier alpha value is -2.88. The molecule has 0 aliphatic carbocycles. The summed E-state index contributed by atoms with van der Waals surface area (Å²) in [5.41, 5.74) is 3.52. The Morgan fingerprint density at radius 1 is 0.913 bits per heavy atom. The van der Waals surface area contributed by atoms with Crippen LogP contribution in [0.25, 0.3) is 0 Å². The standard InChI is InChI=1S/C19H20N4/c1-15-7-9-17(10-8-15)22-19-21-14-12-18(23-19)20-13-11-16-5-3-2-4-6-16/h2-10,12,14H,11,13H2,1H3,(H2,20,21,22,23). The van der Waals surface area contributed by atoms with Gasteiger partial charge in [0, 0.05) is 18.4 Å². The van der Waals surface area contributed by atoms with E-state index in [9.17, 15) is 0 Å². The van der Waals surface area contributed by atoms with Gasteiger partial charge in [-0.05, 0) is 37.1 Å². The first-order valence-corrected chi connectivity index (χ1v) is 7.74. The minimum Gasteiger partial charge on any atom is -0.370 e. The molecule has 0 aliphatic rings. The van der Waals surface area contributed by atoms with E-state index >= 15 is 0 Å². The highest BCUT2D eigenvalue weighted by molar-refractivity contribution is 5.55. The molecule has 3 aromatic rings. The van der Waals surface area contributed by atoms with Crippen LogP contribution in [0.3, 0.4) is 0 Å². The average Bonchev–Trinajstić information content (AvgIpc) is 2.58. The minimum atomic E-state index is 0.596. The van der Waals surface area contributed by atoms with Crippen molar-refractivity contribution in [2.45, 2.75) is 13.3 Å². The first-order chi connectivity index (χ1) is 11.3. The van der Waals surface area contributed by atoms with Crippen molar-refractivity contribution in [3.8, 4) is 0 Å². The second kappa shape index (κ2) is 7.40. The molecule has 0 radical (unpaired) electrons. The fourth-order valence-electron chi connectivity index (χ4n) is 2.26. The summed E-state index contributed by atoms with van der Waals surface area (Å²) in [6.45, 7) is 2.91. The van der Waals surface area contributed by atoms with Gasteiger partial charge in [-0.3, -0.25) is 0 Å². The minimum absolute atomic E-state index is 0.596. The highest BCUT2D eigenvalue weighted by Gasteiger charge is 2.00. The van der Waals surface area contributed by atoms with Gasteiger partial charge in [-0.1, -0.05) is 48.0 Å². The van der Waals surface area contributed by atoms with E-state index in [2.05, 4.69) is 63.9 Å².